The van der Waals surface area contributed by atoms with Crippen molar-refractivity contribution in [2.75, 3.05) is 39.3 Å². The first kappa shape index (κ1) is 22.7. The van der Waals surface area contributed by atoms with Crippen LogP contribution in [0.2, 0.25) is 0 Å². The molecule has 10 heteroatoms. The lowest BCUT2D eigenvalue weighted by Crippen LogP contribution is -2.51. The minimum Gasteiger partial charge on any atom is -0.456 e. The summed E-state index contributed by atoms with van der Waals surface area (Å²) in [5.41, 5.74) is 0. The van der Waals surface area contributed by atoms with E-state index in [1.54, 1.807) is 18.2 Å². The van der Waals surface area contributed by atoms with E-state index in [4.69, 9.17) is 4.74 Å². The fraction of sp³-hybridized carbons (Fsp3) is 0.381. The van der Waals surface area contributed by atoms with E-state index in [-0.39, 0.29) is 55.9 Å². The van der Waals surface area contributed by atoms with Crippen molar-refractivity contribution in [1.82, 2.24) is 14.5 Å². The molecule has 166 valence electrons. The van der Waals surface area contributed by atoms with E-state index in [2.05, 4.69) is 5.32 Å². The first-order valence-corrected chi connectivity index (χ1v) is 11.4. The number of hydrogen-bond acceptors (Lipinski definition) is 6. The van der Waals surface area contributed by atoms with Crippen molar-refractivity contribution < 1.29 is 27.5 Å². The van der Waals surface area contributed by atoms with Crippen molar-refractivity contribution in [2.45, 2.75) is 18.2 Å². The number of carbonyl (C=O) groups excluding carboxylic acids is 3. The Kier molecular flexibility index (Phi) is 7.24. The topological polar surface area (TPSA) is 113 Å². The average molecular weight is 448 g/mol. The van der Waals surface area contributed by atoms with Crippen LogP contribution < -0.4 is 5.32 Å². The summed E-state index contributed by atoms with van der Waals surface area (Å²) in [6.07, 6.45) is -0.0232. The molecule has 0 aromatic heterocycles. The lowest BCUT2D eigenvalue weighted by molar-refractivity contribution is -0.152. The van der Waals surface area contributed by atoms with Crippen LogP contribution in [0.5, 0.6) is 0 Å². The highest BCUT2D eigenvalue weighted by atomic mass is 32.2. The van der Waals surface area contributed by atoms with E-state index in [1.807, 2.05) is 24.3 Å². The molecule has 0 bridgehead atoms. The van der Waals surface area contributed by atoms with Gasteiger partial charge < -0.3 is 15.0 Å². The number of ether oxygens (including phenoxy) is 1. The molecule has 0 aliphatic carbocycles. The highest BCUT2D eigenvalue weighted by molar-refractivity contribution is 7.89. The molecule has 1 aliphatic rings. The predicted molar refractivity (Wildman–Crippen MR) is 114 cm³/mol. The number of rotatable bonds is 7. The maximum Gasteiger partial charge on any atom is 0.308 e. The Morgan fingerprint density at radius 2 is 1.68 bits per heavy atom. The van der Waals surface area contributed by atoms with E-state index in [0.717, 1.165) is 10.8 Å². The van der Waals surface area contributed by atoms with Crippen molar-refractivity contribution in [3.8, 4) is 0 Å². The number of esters is 1. The number of piperazine rings is 1. The Morgan fingerprint density at radius 1 is 1.00 bits per heavy atom. The fourth-order valence-corrected chi connectivity index (χ4v) is 4.76. The third-order valence-electron chi connectivity index (χ3n) is 5.01. The van der Waals surface area contributed by atoms with Gasteiger partial charge in [-0.05, 0) is 22.9 Å². The van der Waals surface area contributed by atoms with Crippen LogP contribution in [0.25, 0.3) is 10.8 Å². The Balaban J connectivity index is 1.51. The van der Waals surface area contributed by atoms with Crippen LogP contribution in [0.15, 0.2) is 47.4 Å². The molecule has 0 atom stereocenters. The van der Waals surface area contributed by atoms with Gasteiger partial charge in [0.05, 0.1) is 11.3 Å². The van der Waals surface area contributed by atoms with E-state index in [1.165, 1.54) is 16.1 Å². The van der Waals surface area contributed by atoms with Crippen LogP contribution >= 0.6 is 0 Å². The molecule has 0 radical (unpaired) electrons. The number of amides is 2. The quantitative estimate of drug-likeness (QED) is 0.627. The second kappa shape index (κ2) is 9.88. The predicted octanol–water partition coefficient (Wildman–Crippen LogP) is 0.742. The zero-order valence-electron chi connectivity index (χ0n) is 17.2. The van der Waals surface area contributed by atoms with E-state index in [0.29, 0.717) is 0 Å². The first-order valence-electron chi connectivity index (χ1n) is 9.94. The number of nitrogens with zero attached hydrogens (tertiary/aromatic N) is 2. The highest BCUT2D eigenvalue weighted by Crippen LogP contribution is 2.22. The molecule has 31 heavy (non-hydrogen) atoms. The van der Waals surface area contributed by atoms with E-state index >= 15 is 0 Å². The SMILES string of the molecule is CC(=O)NCCC(=O)OCC(=O)N1CCN(S(=O)(=O)c2ccc3ccccc3c2)CC1. The molecule has 1 fully saturated rings. The summed E-state index contributed by atoms with van der Waals surface area (Å²) >= 11 is 0. The Hall–Kier alpha value is -2.98. The van der Waals surface area contributed by atoms with Gasteiger partial charge in [0, 0.05) is 39.6 Å². The average Bonchev–Trinajstić information content (AvgIpc) is 2.77. The van der Waals surface area contributed by atoms with Crippen molar-refractivity contribution in [2.24, 2.45) is 0 Å². The van der Waals surface area contributed by atoms with Crippen LogP contribution in [0.4, 0.5) is 0 Å². The summed E-state index contributed by atoms with van der Waals surface area (Å²) in [7, 11) is -3.67. The van der Waals surface area contributed by atoms with Gasteiger partial charge in [0.15, 0.2) is 6.61 Å². The van der Waals surface area contributed by atoms with Crippen LogP contribution in [0, 0.1) is 0 Å². The minimum atomic E-state index is -3.67. The number of sulfonamides is 1. The van der Waals surface area contributed by atoms with Crippen molar-refractivity contribution in [3.63, 3.8) is 0 Å². The lowest BCUT2D eigenvalue weighted by atomic mass is 10.1. The Bertz CT molecular complexity index is 1080. The molecule has 1 heterocycles. The monoisotopic (exact) mass is 447 g/mol. The molecule has 0 unspecified atom stereocenters. The zero-order chi connectivity index (χ0) is 22.4. The third kappa shape index (κ3) is 5.80. The second-order valence-electron chi connectivity index (χ2n) is 7.19. The van der Waals surface area contributed by atoms with Gasteiger partial charge in [0.25, 0.3) is 5.91 Å². The first-order chi connectivity index (χ1) is 14.8. The number of hydrogen-bond donors (Lipinski definition) is 1. The Labute approximate surface area is 181 Å². The molecular weight excluding hydrogens is 422 g/mol. The molecule has 2 aromatic rings. The number of fused-ring (bicyclic) bond motifs is 1. The standard InChI is InChI=1S/C21H25N3O6S/c1-16(25)22-9-8-21(27)30-15-20(26)23-10-12-24(13-11-23)31(28,29)19-7-6-17-4-2-3-5-18(17)14-19/h2-7,14H,8-13,15H2,1H3,(H,22,25). The van der Waals surface area contributed by atoms with Crippen LogP contribution in [0.3, 0.4) is 0 Å². The smallest absolute Gasteiger partial charge is 0.308 e. The second-order valence-corrected chi connectivity index (χ2v) is 9.13. The van der Waals surface area contributed by atoms with E-state index < -0.39 is 22.6 Å². The maximum absolute atomic E-state index is 13.0. The summed E-state index contributed by atoms with van der Waals surface area (Å²) < 4.78 is 32.3. The highest BCUT2D eigenvalue weighted by Gasteiger charge is 2.30. The van der Waals surface area contributed by atoms with Crippen LogP contribution in [-0.4, -0.2) is 74.7 Å². The van der Waals surface area contributed by atoms with Crippen molar-refractivity contribution >= 4 is 38.6 Å². The summed E-state index contributed by atoms with van der Waals surface area (Å²) in [6.45, 7) is 1.84. The van der Waals surface area contributed by atoms with E-state index in [9.17, 15) is 22.8 Å². The minimum absolute atomic E-state index is 0.0232. The van der Waals surface area contributed by atoms with Gasteiger partial charge in [-0.15, -0.1) is 0 Å². The third-order valence-corrected chi connectivity index (χ3v) is 6.90. The van der Waals surface area contributed by atoms with Gasteiger partial charge in [-0.3, -0.25) is 14.4 Å². The number of nitrogens with one attached hydrogen (secondary N) is 1. The lowest BCUT2D eigenvalue weighted by Gasteiger charge is -2.33. The number of carbonyl (C=O) groups is 3. The molecule has 3 rings (SSSR count). The summed E-state index contributed by atoms with van der Waals surface area (Å²) in [5, 5.41) is 4.28. The number of benzene rings is 2. The maximum atomic E-state index is 13.0. The van der Waals surface area contributed by atoms with Crippen molar-refractivity contribution in [1.29, 1.82) is 0 Å². The van der Waals surface area contributed by atoms with Gasteiger partial charge >= 0.3 is 5.97 Å². The molecule has 2 aromatic carbocycles. The molecule has 1 aliphatic heterocycles. The molecule has 0 spiro atoms. The van der Waals surface area contributed by atoms with Crippen LogP contribution in [0.1, 0.15) is 13.3 Å². The summed E-state index contributed by atoms with van der Waals surface area (Å²) in [5.74, 6) is -1.21. The zero-order valence-corrected chi connectivity index (χ0v) is 18.1. The van der Waals surface area contributed by atoms with Gasteiger partial charge in [-0.1, -0.05) is 30.3 Å². The van der Waals surface area contributed by atoms with Crippen molar-refractivity contribution in [3.05, 3.63) is 42.5 Å². The molecule has 0 saturated carbocycles. The molecule has 1 saturated heterocycles. The molecule has 1 N–H and O–H groups in total. The van der Waals surface area contributed by atoms with Crippen LogP contribution in [-0.2, 0) is 29.1 Å². The Morgan fingerprint density at radius 3 is 2.35 bits per heavy atom. The normalized spacial score (nSPS) is 14.9. The van der Waals surface area contributed by atoms with Gasteiger partial charge in [0.2, 0.25) is 15.9 Å². The van der Waals surface area contributed by atoms with Gasteiger partial charge in [-0.2, -0.15) is 4.31 Å². The van der Waals surface area contributed by atoms with Gasteiger partial charge in [-0.25, -0.2) is 8.42 Å². The molecule has 9 nitrogen and oxygen atoms in total. The largest absolute Gasteiger partial charge is 0.456 e. The summed E-state index contributed by atoms with van der Waals surface area (Å²) in [6, 6.07) is 12.6. The molecular formula is C21H25N3O6S. The fourth-order valence-electron chi connectivity index (χ4n) is 3.30. The molecule has 2 amide bonds. The summed E-state index contributed by atoms with van der Waals surface area (Å²) in [4.78, 5) is 36.4. The van der Waals surface area contributed by atoms with Gasteiger partial charge in [0.1, 0.15) is 0 Å².